The molecule has 0 bridgehead atoms. The number of rotatable bonds is 5. The lowest BCUT2D eigenvalue weighted by molar-refractivity contribution is 0.627. The number of hydrogen-bond acceptors (Lipinski definition) is 2. The van der Waals surface area contributed by atoms with Crippen LogP contribution in [0.1, 0.15) is 0 Å². The van der Waals surface area contributed by atoms with Crippen molar-refractivity contribution >= 4 is 27.3 Å². The van der Waals surface area contributed by atoms with Gasteiger partial charge in [0, 0.05) is 36.0 Å². The van der Waals surface area contributed by atoms with Crippen LogP contribution in [0, 0.1) is 5.82 Å². The Balaban J connectivity index is 1.84. The van der Waals surface area contributed by atoms with Gasteiger partial charge in [-0.2, -0.15) is 0 Å². The lowest BCUT2D eigenvalue weighted by atomic mass is 10.3. The molecule has 0 aliphatic carbocycles. The molecular weight excluding hydrogens is 307 g/mol. The number of nitrogens with zero attached hydrogens (tertiary/aromatic N) is 1. The van der Waals surface area contributed by atoms with E-state index in [2.05, 4.69) is 26.1 Å². The van der Waals surface area contributed by atoms with Crippen molar-refractivity contribution in [1.82, 2.24) is 0 Å². The fraction of sp³-hybridized carbons (Fsp3) is 0.200. The van der Waals surface area contributed by atoms with Gasteiger partial charge in [-0.15, -0.1) is 0 Å². The summed E-state index contributed by atoms with van der Waals surface area (Å²) in [6.45, 7) is 1.67. The van der Waals surface area contributed by atoms with Gasteiger partial charge in [-0.3, -0.25) is 0 Å². The molecule has 2 rings (SSSR count). The topological polar surface area (TPSA) is 15.3 Å². The van der Waals surface area contributed by atoms with Crippen LogP contribution in [0.3, 0.4) is 0 Å². The van der Waals surface area contributed by atoms with Gasteiger partial charge in [-0.25, -0.2) is 4.39 Å². The zero-order chi connectivity index (χ0) is 13.7. The molecule has 0 unspecified atom stereocenters. The summed E-state index contributed by atoms with van der Waals surface area (Å²) in [5.41, 5.74) is 2.10. The van der Waals surface area contributed by atoms with Crippen molar-refractivity contribution in [3.8, 4) is 0 Å². The van der Waals surface area contributed by atoms with Crippen molar-refractivity contribution in [1.29, 1.82) is 0 Å². The average molecular weight is 323 g/mol. The number of nitrogens with one attached hydrogen (secondary N) is 1. The van der Waals surface area contributed by atoms with Crippen LogP contribution in [0.5, 0.6) is 0 Å². The van der Waals surface area contributed by atoms with Crippen molar-refractivity contribution < 1.29 is 4.39 Å². The zero-order valence-corrected chi connectivity index (χ0v) is 12.3. The Bertz CT molecular complexity index is 528. The van der Waals surface area contributed by atoms with E-state index in [0.717, 1.165) is 28.9 Å². The quantitative estimate of drug-likeness (QED) is 0.890. The van der Waals surface area contributed by atoms with Gasteiger partial charge in [0.2, 0.25) is 0 Å². The van der Waals surface area contributed by atoms with E-state index in [1.165, 1.54) is 12.1 Å². The molecule has 0 radical (unpaired) electrons. The van der Waals surface area contributed by atoms with Crippen LogP contribution in [0.4, 0.5) is 15.8 Å². The zero-order valence-electron chi connectivity index (χ0n) is 10.7. The maximum Gasteiger partial charge on any atom is 0.123 e. The van der Waals surface area contributed by atoms with Gasteiger partial charge in [0.15, 0.2) is 0 Å². The number of halogens is 2. The van der Waals surface area contributed by atoms with Crippen LogP contribution in [-0.4, -0.2) is 20.1 Å². The van der Waals surface area contributed by atoms with E-state index < -0.39 is 0 Å². The highest BCUT2D eigenvalue weighted by atomic mass is 79.9. The van der Waals surface area contributed by atoms with Crippen molar-refractivity contribution in [2.45, 2.75) is 0 Å². The summed E-state index contributed by atoms with van der Waals surface area (Å²) >= 11 is 3.44. The molecule has 4 heteroatoms. The first-order valence-electron chi connectivity index (χ1n) is 6.11. The minimum absolute atomic E-state index is 0.204. The Kier molecular flexibility index (Phi) is 4.80. The number of likely N-dealkylation sites (N-methyl/N-ethyl adjacent to an activating group) is 1. The Morgan fingerprint density at radius 3 is 2.58 bits per heavy atom. The van der Waals surface area contributed by atoms with Gasteiger partial charge in [0.1, 0.15) is 5.82 Å². The van der Waals surface area contributed by atoms with Gasteiger partial charge >= 0.3 is 0 Å². The monoisotopic (exact) mass is 322 g/mol. The van der Waals surface area contributed by atoms with Crippen LogP contribution in [0.2, 0.25) is 0 Å². The highest BCUT2D eigenvalue weighted by molar-refractivity contribution is 9.10. The highest BCUT2D eigenvalue weighted by Gasteiger charge is 2.00. The molecule has 1 N–H and O–H groups in total. The summed E-state index contributed by atoms with van der Waals surface area (Å²) < 4.78 is 13.9. The van der Waals surface area contributed by atoms with Gasteiger partial charge < -0.3 is 10.2 Å². The molecule has 2 aromatic rings. The van der Waals surface area contributed by atoms with E-state index in [1.54, 1.807) is 12.1 Å². The molecule has 2 nitrogen and oxygen atoms in total. The van der Waals surface area contributed by atoms with E-state index in [4.69, 9.17) is 0 Å². The van der Waals surface area contributed by atoms with E-state index >= 15 is 0 Å². The van der Waals surface area contributed by atoms with Crippen molar-refractivity contribution in [2.75, 3.05) is 30.4 Å². The molecule has 0 saturated heterocycles. The van der Waals surface area contributed by atoms with Crippen LogP contribution in [0.15, 0.2) is 53.0 Å². The smallest absolute Gasteiger partial charge is 0.123 e. The molecule has 100 valence electrons. The molecular formula is C15H16BrFN2. The third kappa shape index (κ3) is 4.24. The molecule has 0 saturated carbocycles. The summed E-state index contributed by atoms with van der Waals surface area (Å²) in [5, 5.41) is 3.35. The van der Waals surface area contributed by atoms with Gasteiger partial charge in [0.25, 0.3) is 0 Å². The number of benzene rings is 2. The SMILES string of the molecule is CN(CCNc1cccc(Br)c1)c1ccc(F)cc1. The van der Waals surface area contributed by atoms with E-state index in [0.29, 0.717) is 0 Å². The highest BCUT2D eigenvalue weighted by Crippen LogP contribution is 2.16. The van der Waals surface area contributed by atoms with E-state index in [1.807, 2.05) is 31.3 Å². The second-order valence-corrected chi connectivity index (χ2v) is 5.25. The Morgan fingerprint density at radius 1 is 1.16 bits per heavy atom. The summed E-state index contributed by atoms with van der Waals surface area (Å²) in [7, 11) is 2.00. The Morgan fingerprint density at radius 2 is 1.89 bits per heavy atom. The molecule has 0 aliphatic rings. The fourth-order valence-electron chi connectivity index (χ4n) is 1.79. The molecule has 0 amide bonds. The molecule has 0 heterocycles. The first-order chi connectivity index (χ1) is 9.15. The van der Waals surface area contributed by atoms with Gasteiger partial charge in [-0.05, 0) is 42.5 Å². The van der Waals surface area contributed by atoms with E-state index in [9.17, 15) is 4.39 Å². The molecule has 0 aromatic heterocycles. The second-order valence-electron chi connectivity index (χ2n) is 4.34. The van der Waals surface area contributed by atoms with Crippen LogP contribution in [0.25, 0.3) is 0 Å². The third-order valence-electron chi connectivity index (χ3n) is 2.87. The molecule has 0 atom stereocenters. The minimum Gasteiger partial charge on any atom is -0.383 e. The van der Waals surface area contributed by atoms with Crippen molar-refractivity contribution in [3.63, 3.8) is 0 Å². The summed E-state index contributed by atoms with van der Waals surface area (Å²) in [6.07, 6.45) is 0. The second kappa shape index (κ2) is 6.57. The maximum absolute atomic E-state index is 12.8. The first-order valence-corrected chi connectivity index (χ1v) is 6.90. The molecule has 0 fully saturated rings. The minimum atomic E-state index is -0.204. The lowest BCUT2D eigenvalue weighted by Crippen LogP contribution is -2.24. The van der Waals surface area contributed by atoms with Gasteiger partial charge in [0.05, 0.1) is 0 Å². The molecule has 0 spiro atoms. The van der Waals surface area contributed by atoms with E-state index in [-0.39, 0.29) is 5.82 Å². The summed E-state index contributed by atoms with van der Waals surface area (Å²) in [6, 6.07) is 14.6. The fourth-order valence-corrected chi connectivity index (χ4v) is 2.19. The normalized spacial score (nSPS) is 10.3. The predicted molar refractivity (Wildman–Crippen MR) is 82.3 cm³/mol. The number of hydrogen-bond donors (Lipinski definition) is 1. The number of anilines is 2. The predicted octanol–water partition coefficient (Wildman–Crippen LogP) is 4.14. The van der Waals surface area contributed by atoms with Crippen molar-refractivity contribution in [3.05, 3.63) is 58.8 Å². The van der Waals surface area contributed by atoms with Crippen LogP contribution >= 0.6 is 15.9 Å². The molecule has 19 heavy (non-hydrogen) atoms. The summed E-state index contributed by atoms with van der Waals surface area (Å²) in [4.78, 5) is 2.09. The standard InChI is InChI=1S/C15H16BrFN2/c1-19(15-7-5-13(17)6-8-15)10-9-18-14-4-2-3-12(16)11-14/h2-8,11,18H,9-10H2,1H3. The lowest BCUT2D eigenvalue weighted by Gasteiger charge is -2.19. The van der Waals surface area contributed by atoms with Crippen molar-refractivity contribution in [2.24, 2.45) is 0 Å². The Hall–Kier alpha value is -1.55. The largest absolute Gasteiger partial charge is 0.383 e. The summed E-state index contributed by atoms with van der Waals surface area (Å²) in [5.74, 6) is -0.204. The van der Waals surface area contributed by atoms with Crippen LogP contribution < -0.4 is 10.2 Å². The molecule has 2 aromatic carbocycles. The third-order valence-corrected chi connectivity index (χ3v) is 3.36. The average Bonchev–Trinajstić information content (AvgIpc) is 2.39. The maximum atomic E-state index is 12.8. The molecule has 0 aliphatic heterocycles. The van der Waals surface area contributed by atoms with Gasteiger partial charge in [-0.1, -0.05) is 22.0 Å². The van der Waals surface area contributed by atoms with Crippen LogP contribution in [-0.2, 0) is 0 Å². The first kappa shape index (κ1) is 13.9. The Labute approximate surface area is 121 Å².